The maximum atomic E-state index is 12.5. The Labute approximate surface area is 163 Å². The first-order chi connectivity index (χ1) is 13.4. The highest BCUT2D eigenvalue weighted by atomic mass is 32.2. The highest BCUT2D eigenvalue weighted by molar-refractivity contribution is 7.91. The van der Waals surface area contributed by atoms with Crippen LogP contribution in [0.2, 0.25) is 0 Å². The minimum absolute atomic E-state index is 0.00960. The fourth-order valence-electron chi connectivity index (χ4n) is 3.80. The molecule has 0 bridgehead atoms. The van der Waals surface area contributed by atoms with Crippen LogP contribution in [0.25, 0.3) is 5.69 Å². The molecule has 8 nitrogen and oxygen atoms in total. The molecule has 3 heterocycles. The average Bonchev–Trinajstić information content (AvgIpc) is 3.40. The maximum Gasteiger partial charge on any atom is 0.225 e. The summed E-state index contributed by atoms with van der Waals surface area (Å²) >= 11 is 0. The number of hydrogen-bond acceptors (Lipinski definition) is 5. The van der Waals surface area contributed by atoms with Gasteiger partial charge in [-0.1, -0.05) is 12.1 Å². The number of carbonyl (C=O) groups is 2. The molecule has 0 spiro atoms. The van der Waals surface area contributed by atoms with E-state index in [4.69, 9.17) is 0 Å². The van der Waals surface area contributed by atoms with Gasteiger partial charge in [0.25, 0.3) is 0 Å². The van der Waals surface area contributed by atoms with Gasteiger partial charge in [0.05, 0.1) is 23.1 Å². The average molecular weight is 402 g/mol. The Bertz CT molecular complexity index is 970. The monoisotopic (exact) mass is 402 g/mol. The topological polar surface area (TPSA) is 101 Å². The minimum atomic E-state index is -3.06. The lowest BCUT2D eigenvalue weighted by atomic mass is 10.1. The van der Waals surface area contributed by atoms with Crippen molar-refractivity contribution in [3.63, 3.8) is 0 Å². The third kappa shape index (κ3) is 3.94. The van der Waals surface area contributed by atoms with Crippen molar-refractivity contribution in [2.75, 3.05) is 18.1 Å². The minimum Gasteiger partial charge on any atom is -0.352 e. The summed E-state index contributed by atoms with van der Waals surface area (Å²) in [5.74, 6) is -0.611. The van der Waals surface area contributed by atoms with Crippen molar-refractivity contribution in [1.29, 1.82) is 0 Å². The number of nitrogens with zero attached hydrogens (tertiary/aromatic N) is 3. The molecular formula is C19H22N4O4S. The molecule has 2 aromatic rings. The highest BCUT2D eigenvalue weighted by Gasteiger charge is 2.41. The second-order valence-corrected chi connectivity index (χ2v) is 9.57. The number of carbonyl (C=O) groups excluding carboxylic acids is 2. The van der Waals surface area contributed by atoms with Gasteiger partial charge in [-0.3, -0.25) is 9.59 Å². The van der Waals surface area contributed by atoms with E-state index in [1.807, 2.05) is 36.5 Å². The molecule has 1 aromatic carbocycles. The van der Waals surface area contributed by atoms with Crippen molar-refractivity contribution >= 4 is 21.7 Å². The quantitative estimate of drug-likeness (QED) is 0.786. The van der Waals surface area contributed by atoms with Crippen molar-refractivity contribution < 1.29 is 18.0 Å². The van der Waals surface area contributed by atoms with Gasteiger partial charge in [0.1, 0.15) is 0 Å². The van der Waals surface area contributed by atoms with Crippen LogP contribution in [0.15, 0.2) is 42.7 Å². The van der Waals surface area contributed by atoms with Crippen molar-refractivity contribution in [2.24, 2.45) is 5.92 Å². The van der Waals surface area contributed by atoms with Gasteiger partial charge in [0.15, 0.2) is 9.84 Å². The number of rotatable bonds is 5. The second-order valence-electron chi connectivity index (χ2n) is 7.34. The molecule has 4 rings (SSSR count). The van der Waals surface area contributed by atoms with Crippen LogP contribution in [-0.2, 0) is 26.0 Å². The highest BCUT2D eigenvalue weighted by Crippen LogP contribution is 2.26. The van der Waals surface area contributed by atoms with Gasteiger partial charge < -0.3 is 10.2 Å². The van der Waals surface area contributed by atoms with E-state index in [0.717, 1.165) is 11.3 Å². The Morgan fingerprint density at radius 3 is 2.68 bits per heavy atom. The van der Waals surface area contributed by atoms with Crippen LogP contribution in [0, 0.1) is 5.92 Å². The Balaban J connectivity index is 1.31. The van der Waals surface area contributed by atoms with Gasteiger partial charge >= 0.3 is 0 Å². The van der Waals surface area contributed by atoms with Gasteiger partial charge in [-0.15, -0.1) is 0 Å². The van der Waals surface area contributed by atoms with Crippen molar-refractivity contribution in [2.45, 2.75) is 25.4 Å². The number of likely N-dealkylation sites (tertiary alicyclic amines) is 1. The molecule has 1 N–H and O–H groups in total. The fourth-order valence-corrected chi connectivity index (χ4v) is 5.53. The van der Waals surface area contributed by atoms with Crippen LogP contribution in [0.1, 0.15) is 18.4 Å². The van der Waals surface area contributed by atoms with Crippen molar-refractivity contribution in [3.8, 4) is 5.69 Å². The summed E-state index contributed by atoms with van der Waals surface area (Å²) in [6.45, 7) is 0.670. The van der Waals surface area contributed by atoms with E-state index in [1.54, 1.807) is 15.8 Å². The normalized spacial score (nSPS) is 23.9. The smallest absolute Gasteiger partial charge is 0.225 e. The standard InChI is InChI=1S/C19H22N4O4S/c24-18-10-15(12-22(18)17-6-9-28(26,27)13-17)19(25)20-11-14-2-4-16(5-3-14)23-8-1-7-21-23/h1-5,7-8,15,17H,6,9-13H2,(H,20,25)/t15-,17+/m0/s1. The Kier molecular flexibility index (Phi) is 4.92. The molecule has 2 fully saturated rings. The molecule has 0 aliphatic carbocycles. The van der Waals surface area contributed by atoms with Crippen molar-refractivity contribution in [3.05, 3.63) is 48.3 Å². The van der Waals surface area contributed by atoms with E-state index >= 15 is 0 Å². The second kappa shape index (κ2) is 7.38. The van der Waals surface area contributed by atoms with E-state index in [1.165, 1.54) is 0 Å². The lowest BCUT2D eigenvalue weighted by molar-refractivity contribution is -0.130. The SMILES string of the molecule is O=C(NCc1ccc(-n2cccn2)cc1)[C@H]1CC(=O)N([C@@H]2CCS(=O)(=O)C2)C1. The zero-order chi connectivity index (χ0) is 19.7. The molecule has 2 amide bonds. The molecule has 0 radical (unpaired) electrons. The first-order valence-electron chi connectivity index (χ1n) is 9.28. The number of benzene rings is 1. The predicted molar refractivity (Wildman–Crippen MR) is 102 cm³/mol. The summed E-state index contributed by atoms with van der Waals surface area (Å²) in [6.07, 6.45) is 4.17. The zero-order valence-corrected chi connectivity index (χ0v) is 16.1. The first kappa shape index (κ1) is 18.7. The molecule has 0 saturated carbocycles. The molecule has 28 heavy (non-hydrogen) atoms. The Morgan fingerprint density at radius 2 is 2.04 bits per heavy atom. The third-order valence-electron chi connectivity index (χ3n) is 5.35. The Morgan fingerprint density at radius 1 is 1.25 bits per heavy atom. The third-order valence-corrected chi connectivity index (χ3v) is 7.10. The number of hydrogen-bond donors (Lipinski definition) is 1. The maximum absolute atomic E-state index is 12.5. The molecule has 0 unspecified atom stereocenters. The summed E-state index contributed by atoms with van der Waals surface area (Å²) in [5, 5.41) is 7.06. The van der Waals surface area contributed by atoms with E-state index < -0.39 is 15.8 Å². The molecule has 2 atom stereocenters. The van der Waals surface area contributed by atoms with Crippen LogP contribution in [0.4, 0.5) is 0 Å². The van der Waals surface area contributed by atoms with Crippen LogP contribution in [0.5, 0.6) is 0 Å². The molecule has 2 aliphatic heterocycles. The number of nitrogens with one attached hydrogen (secondary N) is 1. The van der Waals surface area contributed by atoms with E-state index in [0.29, 0.717) is 19.5 Å². The lowest BCUT2D eigenvalue weighted by Gasteiger charge is -2.22. The van der Waals surface area contributed by atoms with E-state index in [-0.39, 0.29) is 35.8 Å². The summed E-state index contributed by atoms with van der Waals surface area (Å²) in [6, 6.07) is 9.26. The molecular weight excluding hydrogens is 380 g/mol. The number of aromatic nitrogens is 2. The fraction of sp³-hybridized carbons (Fsp3) is 0.421. The van der Waals surface area contributed by atoms with Crippen LogP contribution in [0.3, 0.4) is 0 Å². The van der Waals surface area contributed by atoms with Gasteiger partial charge in [-0.2, -0.15) is 5.10 Å². The number of sulfone groups is 1. The lowest BCUT2D eigenvalue weighted by Crippen LogP contribution is -2.39. The summed E-state index contributed by atoms with van der Waals surface area (Å²) < 4.78 is 25.1. The first-order valence-corrected chi connectivity index (χ1v) is 11.1. The van der Waals surface area contributed by atoms with Gasteiger partial charge in [-0.05, 0) is 30.2 Å². The predicted octanol–water partition coefficient (Wildman–Crippen LogP) is 0.524. The van der Waals surface area contributed by atoms with E-state index in [9.17, 15) is 18.0 Å². The van der Waals surface area contributed by atoms with Crippen LogP contribution >= 0.6 is 0 Å². The van der Waals surface area contributed by atoms with Gasteiger partial charge in [0.2, 0.25) is 11.8 Å². The van der Waals surface area contributed by atoms with E-state index in [2.05, 4.69) is 10.4 Å². The molecule has 2 saturated heterocycles. The zero-order valence-electron chi connectivity index (χ0n) is 15.3. The number of amides is 2. The van der Waals surface area contributed by atoms with Gasteiger partial charge in [-0.25, -0.2) is 13.1 Å². The largest absolute Gasteiger partial charge is 0.352 e. The molecule has 2 aliphatic rings. The molecule has 1 aromatic heterocycles. The summed E-state index contributed by atoms with van der Waals surface area (Å²) in [7, 11) is -3.06. The Hall–Kier alpha value is -2.68. The van der Waals surface area contributed by atoms with Crippen molar-refractivity contribution in [1.82, 2.24) is 20.0 Å². The summed E-state index contributed by atoms with van der Waals surface area (Å²) in [5.41, 5.74) is 1.89. The van der Waals surface area contributed by atoms with Crippen LogP contribution in [-0.4, -0.2) is 59.0 Å². The summed E-state index contributed by atoms with van der Waals surface area (Å²) in [4.78, 5) is 26.3. The molecule has 9 heteroatoms. The van der Waals surface area contributed by atoms with Gasteiger partial charge in [0, 0.05) is 37.9 Å². The van der Waals surface area contributed by atoms with Crippen LogP contribution < -0.4 is 5.32 Å². The molecule has 148 valence electrons.